The standard InChI is InChI=1S/C10H14N4/c1-7(11-2)10-13-8-6-12-5-4-9(8)14(10)3/h4-7,11H,1-3H3. The summed E-state index contributed by atoms with van der Waals surface area (Å²) < 4.78 is 2.10. The molecule has 2 heterocycles. The third-order valence-corrected chi connectivity index (χ3v) is 2.54. The molecule has 0 bridgehead atoms. The molecule has 1 unspecified atom stereocenters. The lowest BCUT2D eigenvalue weighted by Crippen LogP contribution is -2.16. The Kier molecular flexibility index (Phi) is 2.21. The highest BCUT2D eigenvalue weighted by atomic mass is 15.1. The maximum absolute atomic E-state index is 4.52. The van der Waals surface area contributed by atoms with Crippen LogP contribution in [0.2, 0.25) is 0 Å². The molecule has 74 valence electrons. The molecule has 0 spiro atoms. The number of nitrogens with one attached hydrogen (secondary N) is 1. The highest BCUT2D eigenvalue weighted by Crippen LogP contribution is 2.17. The van der Waals surface area contributed by atoms with Crippen LogP contribution in [0.15, 0.2) is 18.5 Å². The normalized spacial score (nSPS) is 13.4. The van der Waals surface area contributed by atoms with Crippen molar-refractivity contribution in [2.45, 2.75) is 13.0 Å². The zero-order valence-electron chi connectivity index (χ0n) is 8.65. The summed E-state index contributed by atoms with van der Waals surface area (Å²) in [5.74, 6) is 1.04. The van der Waals surface area contributed by atoms with Gasteiger partial charge in [-0.05, 0) is 20.0 Å². The van der Waals surface area contributed by atoms with Crippen LogP contribution in [-0.2, 0) is 7.05 Å². The number of rotatable bonds is 2. The lowest BCUT2D eigenvalue weighted by molar-refractivity contribution is 0.590. The van der Waals surface area contributed by atoms with Gasteiger partial charge in [0.1, 0.15) is 11.3 Å². The predicted molar refractivity (Wildman–Crippen MR) is 56.0 cm³/mol. The first-order chi connectivity index (χ1) is 6.74. The van der Waals surface area contributed by atoms with Crippen molar-refractivity contribution in [2.75, 3.05) is 7.05 Å². The smallest absolute Gasteiger partial charge is 0.126 e. The highest BCUT2D eigenvalue weighted by molar-refractivity contribution is 5.74. The summed E-state index contributed by atoms with van der Waals surface area (Å²) in [6.07, 6.45) is 3.58. The van der Waals surface area contributed by atoms with E-state index in [-0.39, 0.29) is 6.04 Å². The van der Waals surface area contributed by atoms with Crippen LogP contribution in [-0.4, -0.2) is 21.6 Å². The van der Waals surface area contributed by atoms with E-state index >= 15 is 0 Å². The van der Waals surface area contributed by atoms with Crippen molar-refractivity contribution >= 4 is 11.0 Å². The van der Waals surface area contributed by atoms with Crippen molar-refractivity contribution in [3.8, 4) is 0 Å². The van der Waals surface area contributed by atoms with E-state index in [1.165, 1.54) is 0 Å². The molecule has 0 fully saturated rings. The number of fused-ring (bicyclic) bond motifs is 1. The van der Waals surface area contributed by atoms with Gasteiger partial charge in [-0.1, -0.05) is 0 Å². The van der Waals surface area contributed by atoms with E-state index in [2.05, 4.69) is 26.8 Å². The van der Waals surface area contributed by atoms with Gasteiger partial charge in [0.2, 0.25) is 0 Å². The van der Waals surface area contributed by atoms with Gasteiger partial charge in [-0.15, -0.1) is 0 Å². The summed E-state index contributed by atoms with van der Waals surface area (Å²) >= 11 is 0. The minimum atomic E-state index is 0.257. The molecule has 2 aromatic rings. The number of hydrogen-bond acceptors (Lipinski definition) is 3. The summed E-state index contributed by atoms with van der Waals surface area (Å²) in [5, 5.41) is 3.18. The Bertz CT molecular complexity index is 446. The van der Waals surface area contributed by atoms with Crippen LogP contribution in [0.5, 0.6) is 0 Å². The Hall–Kier alpha value is -1.42. The minimum absolute atomic E-state index is 0.257. The maximum Gasteiger partial charge on any atom is 0.126 e. The second-order valence-electron chi connectivity index (χ2n) is 3.40. The topological polar surface area (TPSA) is 42.7 Å². The van der Waals surface area contributed by atoms with E-state index in [1.807, 2.05) is 20.2 Å². The quantitative estimate of drug-likeness (QED) is 0.775. The number of nitrogens with zero attached hydrogens (tertiary/aromatic N) is 3. The Labute approximate surface area is 83.0 Å². The van der Waals surface area contributed by atoms with Gasteiger partial charge in [-0.3, -0.25) is 4.98 Å². The first-order valence-electron chi connectivity index (χ1n) is 4.67. The van der Waals surface area contributed by atoms with Crippen LogP contribution in [0, 0.1) is 0 Å². The van der Waals surface area contributed by atoms with Gasteiger partial charge < -0.3 is 9.88 Å². The summed E-state index contributed by atoms with van der Waals surface area (Å²) in [4.78, 5) is 8.58. The van der Waals surface area contributed by atoms with Crippen molar-refractivity contribution in [1.82, 2.24) is 19.9 Å². The molecule has 1 N–H and O–H groups in total. The van der Waals surface area contributed by atoms with Crippen LogP contribution in [0.1, 0.15) is 18.8 Å². The molecular formula is C10H14N4. The van der Waals surface area contributed by atoms with Gasteiger partial charge in [0.05, 0.1) is 17.8 Å². The van der Waals surface area contributed by atoms with E-state index < -0.39 is 0 Å². The molecule has 4 nitrogen and oxygen atoms in total. The average Bonchev–Trinajstić information content (AvgIpc) is 2.56. The summed E-state index contributed by atoms with van der Waals surface area (Å²) in [5.41, 5.74) is 2.07. The van der Waals surface area contributed by atoms with E-state index in [4.69, 9.17) is 0 Å². The van der Waals surface area contributed by atoms with Crippen LogP contribution >= 0.6 is 0 Å². The largest absolute Gasteiger partial charge is 0.330 e. The third kappa shape index (κ3) is 1.28. The number of imidazole rings is 1. The molecule has 0 radical (unpaired) electrons. The monoisotopic (exact) mass is 190 g/mol. The van der Waals surface area contributed by atoms with Crippen LogP contribution in [0.3, 0.4) is 0 Å². The zero-order chi connectivity index (χ0) is 10.1. The molecule has 0 aliphatic heterocycles. The van der Waals surface area contributed by atoms with Gasteiger partial charge >= 0.3 is 0 Å². The van der Waals surface area contributed by atoms with Crippen LogP contribution in [0.4, 0.5) is 0 Å². The van der Waals surface area contributed by atoms with Crippen LogP contribution in [0.25, 0.3) is 11.0 Å². The first kappa shape index (κ1) is 9.15. The fourth-order valence-corrected chi connectivity index (χ4v) is 1.59. The van der Waals surface area contributed by atoms with Gasteiger partial charge in [0.25, 0.3) is 0 Å². The molecule has 0 aromatic carbocycles. The number of pyridine rings is 1. The van der Waals surface area contributed by atoms with Crippen molar-refractivity contribution in [2.24, 2.45) is 7.05 Å². The molecule has 0 saturated carbocycles. The molecule has 4 heteroatoms. The highest BCUT2D eigenvalue weighted by Gasteiger charge is 2.11. The average molecular weight is 190 g/mol. The Morgan fingerprint density at radius 3 is 2.93 bits per heavy atom. The molecule has 0 aliphatic carbocycles. The summed E-state index contributed by atoms with van der Waals surface area (Å²) in [6.45, 7) is 2.09. The Morgan fingerprint density at radius 2 is 2.29 bits per heavy atom. The van der Waals surface area contributed by atoms with Crippen molar-refractivity contribution in [3.63, 3.8) is 0 Å². The molecule has 1 atom stereocenters. The van der Waals surface area contributed by atoms with Gasteiger partial charge in [0.15, 0.2) is 0 Å². The lowest BCUT2D eigenvalue weighted by atomic mass is 10.3. The molecule has 0 saturated heterocycles. The summed E-state index contributed by atoms with van der Waals surface area (Å²) in [6, 6.07) is 2.24. The number of hydrogen-bond donors (Lipinski definition) is 1. The molecule has 2 aromatic heterocycles. The molecule has 14 heavy (non-hydrogen) atoms. The molecular weight excluding hydrogens is 176 g/mol. The van der Waals surface area contributed by atoms with E-state index in [0.29, 0.717) is 0 Å². The lowest BCUT2D eigenvalue weighted by Gasteiger charge is -2.09. The van der Waals surface area contributed by atoms with E-state index in [0.717, 1.165) is 16.9 Å². The Balaban J connectivity index is 2.62. The maximum atomic E-state index is 4.52. The van der Waals surface area contributed by atoms with E-state index in [9.17, 15) is 0 Å². The van der Waals surface area contributed by atoms with E-state index in [1.54, 1.807) is 12.4 Å². The van der Waals surface area contributed by atoms with Gasteiger partial charge in [-0.25, -0.2) is 4.98 Å². The van der Waals surface area contributed by atoms with Gasteiger partial charge in [0, 0.05) is 13.2 Å². The van der Waals surface area contributed by atoms with Crippen molar-refractivity contribution in [1.29, 1.82) is 0 Å². The summed E-state index contributed by atoms with van der Waals surface area (Å²) in [7, 11) is 3.96. The molecule has 0 amide bonds. The van der Waals surface area contributed by atoms with Crippen molar-refractivity contribution < 1.29 is 0 Å². The Morgan fingerprint density at radius 1 is 1.50 bits per heavy atom. The fourth-order valence-electron chi connectivity index (χ4n) is 1.59. The zero-order valence-corrected chi connectivity index (χ0v) is 8.65. The molecule has 2 rings (SSSR count). The molecule has 0 aliphatic rings. The first-order valence-corrected chi connectivity index (χ1v) is 4.67. The number of aromatic nitrogens is 3. The predicted octanol–water partition coefficient (Wildman–Crippen LogP) is 1.25. The van der Waals surface area contributed by atoms with Crippen molar-refractivity contribution in [3.05, 3.63) is 24.3 Å². The van der Waals surface area contributed by atoms with Gasteiger partial charge in [-0.2, -0.15) is 0 Å². The second-order valence-corrected chi connectivity index (χ2v) is 3.40. The SMILES string of the molecule is CNC(C)c1nc2cnccc2n1C. The van der Waals surface area contributed by atoms with Crippen LogP contribution < -0.4 is 5.32 Å². The number of aryl methyl sites for hydroxylation is 1. The second kappa shape index (κ2) is 3.38. The third-order valence-electron chi connectivity index (χ3n) is 2.54. The fraction of sp³-hybridized carbons (Fsp3) is 0.400. The minimum Gasteiger partial charge on any atom is -0.330 e.